The van der Waals surface area contributed by atoms with Gasteiger partial charge in [0.05, 0.1) is 12.8 Å². The highest BCUT2D eigenvalue weighted by Gasteiger charge is 2.09. The van der Waals surface area contributed by atoms with Gasteiger partial charge in [-0.1, -0.05) is 0 Å². The number of hydrogen-bond donors (Lipinski definition) is 3. The molecule has 0 atom stereocenters. The van der Waals surface area contributed by atoms with Crippen LogP contribution < -0.4 is 16.0 Å². The molecule has 0 spiro atoms. The van der Waals surface area contributed by atoms with Crippen molar-refractivity contribution in [3.63, 3.8) is 0 Å². The molecule has 8 nitrogen and oxygen atoms in total. The van der Waals surface area contributed by atoms with Crippen molar-refractivity contribution in [2.45, 2.75) is 33.7 Å². The van der Waals surface area contributed by atoms with E-state index in [2.05, 4.69) is 20.9 Å². The molecule has 2 amide bonds. The van der Waals surface area contributed by atoms with Crippen LogP contribution in [0, 0.1) is 0 Å². The summed E-state index contributed by atoms with van der Waals surface area (Å²) in [5, 5.41) is 8.86. The lowest BCUT2D eigenvalue weighted by atomic mass is 10.3. The van der Waals surface area contributed by atoms with Crippen LogP contribution in [0.3, 0.4) is 0 Å². The van der Waals surface area contributed by atoms with Crippen molar-refractivity contribution in [1.29, 1.82) is 0 Å². The van der Waals surface area contributed by atoms with E-state index < -0.39 is 0 Å². The third-order valence-corrected chi connectivity index (χ3v) is 3.51. The second kappa shape index (κ2) is 14.4. The SMILES string of the molecule is CCNC(=NCC(=O)NCc1ccco1)NCCC(=O)N(CC)CC.I. The van der Waals surface area contributed by atoms with Gasteiger partial charge in [-0.3, -0.25) is 9.59 Å². The van der Waals surface area contributed by atoms with Crippen LogP contribution in [0.1, 0.15) is 33.0 Å². The molecule has 0 unspecified atom stereocenters. The number of guanidine groups is 1. The van der Waals surface area contributed by atoms with Crippen molar-refractivity contribution in [1.82, 2.24) is 20.9 Å². The zero-order valence-corrected chi connectivity index (χ0v) is 18.0. The fourth-order valence-electron chi connectivity index (χ4n) is 2.17. The molecule has 0 saturated heterocycles. The van der Waals surface area contributed by atoms with Gasteiger partial charge in [-0.25, -0.2) is 4.99 Å². The zero-order chi connectivity index (χ0) is 18.5. The number of aliphatic imine (C=N–C) groups is 1. The lowest BCUT2D eigenvalue weighted by molar-refractivity contribution is -0.130. The van der Waals surface area contributed by atoms with E-state index >= 15 is 0 Å². The highest BCUT2D eigenvalue weighted by molar-refractivity contribution is 14.0. The third kappa shape index (κ3) is 9.64. The zero-order valence-electron chi connectivity index (χ0n) is 15.7. The molecule has 1 rings (SSSR count). The van der Waals surface area contributed by atoms with E-state index in [0.29, 0.717) is 50.9 Å². The van der Waals surface area contributed by atoms with Crippen molar-refractivity contribution in [2.24, 2.45) is 4.99 Å². The molecule has 9 heteroatoms. The minimum atomic E-state index is -0.201. The first-order valence-electron chi connectivity index (χ1n) is 8.69. The molecule has 0 saturated carbocycles. The van der Waals surface area contributed by atoms with Crippen LogP contribution in [-0.4, -0.2) is 55.4 Å². The molecule has 0 aliphatic heterocycles. The monoisotopic (exact) mass is 479 g/mol. The molecular weight excluding hydrogens is 449 g/mol. The van der Waals surface area contributed by atoms with Crippen molar-refractivity contribution < 1.29 is 14.0 Å². The molecule has 0 aliphatic rings. The van der Waals surface area contributed by atoms with Crippen LogP contribution in [0.2, 0.25) is 0 Å². The van der Waals surface area contributed by atoms with Crippen LogP contribution in [0.4, 0.5) is 0 Å². The van der Waals surface area contributed by atoms with Crippen molar-refractivity contribution in [3.05, 3.63) is 24.2 Å². The number of nitrogens with zero attached hydrogens (tertiary/aromatic N) is 2. The number of rotatable bonds is 10. The molecule has 1 aromatic heterocycles. The summed E-state index contributed by atoms with van der Waals surface area (Å²) in [4.78, 5) is 29.8. The first-order chi connectivity index (χ1) is 12.1. The second-order valence-electron chi connectivity index (χ2n) is 5.29. The van der Waals surface area contributed by atoms with Crippen molar-refractivity contribution >= 4 is 41.8 Å². The minimum Gasteiger partial charge on any atom is -0.467 e. The van der Waals surface area contributed by atoms with Crippen LogP contribution in [0.5, 0.6) is 0 Å². The first-order valence-corrected chi connectivity index (χ1v) is 8.69. The van der Waals surface area contributed by atoms with Gasteiger partial charge < -0.3 is 25.3 Å². The van der Waals surface area contributed by atoms with Gasteiger partial charge in [-0.05, 0) is 32.9 Å². The summed E-state index contributed by atoms with van der Waals surface area (Å²) in [5.74, 6) is 1.11. The summed E-state index contributed by atoms with van der Waals surface area (Å²) in [6.45, 7) is 8.75. The van der Waals surface area contributed by atoms with Gasteiger partial charge in [-0.2, -0.15) is 0 Å². The Morgan fingerprint density at radius 3 is 2.46 bits per heavy atom. The number of halogens is 1. The molecule has 148 valence electrons. The average Bonchev–Trinajstić information content (AvgIpc) is 3.12. The van der Waals surface area contributed by atoms with Gasteiger partial charge >= 0.3 is 0 Å². The molecule has 1 aromatic rings. The lowest BCUT2D eigenvalue weighted by Crippen LogP contribution is -2.40. The Morgan fingerprint density at radius 1 is 1.15 bits per heavy atom. The van der Waals surface area contributed by atoms with E-state index in [1.54, 1.807) is 23.3 Å². The molecular formula is C17H30IN5O3. The van der Waals surface area contributed by atoms with Crippen LogP contribution in [-0.2, 0) is 16.1 Å². The molecule has 0 aliphatic carbocycles. The molecule has 0 aromatic carbocycles. The predicted octanol–water partition coefficient (Wildman–Crippen LogP) is 1.33. The standard InChI is InChI=1S/C17H29N5O3.HI/c1-4-18-17(19-10-9-16(24)22(5-2)6-3)21-13-15(23)20-12-14-8-7-11-25-14;/h7-8,11H,4-6,9-10,12-13H2,1-3H3,(H,20,23)(H2,18,19,21);1H. The summed E-state index contributed by atoms with van der Waals surface area (Å²) in [6, 6.07) is 3.56. The van der Waals surface area contributed by atoms with Crippen molar-refractivity contribution in [3.8, 4) is 0 Å². The number of carbonyl (C=O) groups is 2. The fourth-order valence-corrected chi connectivity index (χ4v) is 2.17. The van der Waals surface area contributed by atoms with Gasteiger partial charge in [0.1, 0.15) is 12.3 Å². The van der Waals surface area contributed by atoms with E-state index in [1.807, 2.05) is 20.8 Å². The highest BCUT2D eigenvalue weighted by atomic mass is 127. The Morgan fingerprint density at radius 2 is 1.88 bits per heavy atom. The fraction of sp³-hybridized carbons (Fsp3) is 0.588. The summed E-state index contributed by atoms with van der Waals surface area (Å²) in [6.07, 6.45) is 1.95. The lowest BCUT2D eigenvalue weighted by Gasteiger charge is -2.19. The Hall–Kier alpha value is -1.78. The van der Waals surface area contributed by atoms with E-state index in [9.17, 15) is 9.59 Å². The van der Waals surface area contributed by atoms with Gasteiger partial charge in [0.15, 0.2) is 5.96 Å². The van der Waals surface area contributed by atoms with E-state index in [-0.39, 0.29) is 42.3 Å². The molecule has 0 bridgehead atoms. The van der Waals surface area contributed by atoms with Crippen molar-refractivity contribution in [2.75, 3.05) is 32.7 Å². The molecule has 26 heavy (non-hydrogen) atoms. The number of furan rings is 1. The van der Waals surface area contributed by atoms with Gasteiger partial charge in [-0.15, -0.1) is 24.0 Å². The third-order valence-electron chi connectivity index (χ3n) is 3.51. The first kappa shape index (κ1) is 24.2. The maximum absolute atomic E-state index is 12.0. The van der Waals surface area contributed by atoms with Crippen LogP contribution in [0.15, 0.2) is 27.8 Å². The number of amides is 2. The number of carbonyl (C=O) groups excluding carboxylic acids is 2. The summed E-state index contributed by atoms with van der Waals surface area (Å²) in [7, 11) is 0. The summed E-state index contributed by atoms with van der Waals surface area (Å²) >= 11 is 0. The van der Waals surface area contributed by atoms with E-state index in [0.717, 1.165) is 0 Å². The normalized spacial score (nSPS) is 10.7. The second-order valence-corrected chi connectivity index (χ2v) is 5.29. The predicted molar refractivity (Wildman–Crippen MR) is 112 cm³/mol. The molecule has 0 fully saturated rings. The minimum absolute atomic E-state index is 0. The Balaban J connectivity index is 0.00000625. The average molecular weight is 479 g/mol. The van der Waals surface area contributed by atoms with E-state index in [4.69, 9.17) is 4.42 Å². The Kier molecular flexibility index (Phi) is 13.4. The van der Waals surface area contributed by atoms with Gasteiger partial charge in [0.25, 0.3) is 0 Å². The molecule has 3 N–H and O–H groups in total. The van der Waals surface area contributed by atoms with Crippen LogP contribution in [0.25, 0.3) is 0 Å². The topological polar surface area (TPSA) is 99.0 Å². The maximum Gasteiger partial charge on any atom is 0.242 e. The quantitative estimate of drug-likeness (QED) is 0.267. The van der Waals surface area contributed by atoms with E-state index in [1.165, 1.54) is 0 Å². The Labute approximate surface area is 172 Å². The van der Waals surface area contributed by atoms with Gasteiger partial charge in [0.2, 0.25) is 11.8 Å². The number of hydrogen-bond acceptors (Lipinski definition) is 4. The molecule has 0 radical (unpaired) electrons. The smallest absolute Gasteiger partial charge is 0.242 e. The van der Waals surface area contributed by atoms with Crippen LogP contribution >= 0.6 is 24.0 Å². The largest absolute Gasteiger partial charge is 0.467 e. The summed E-state index contributed by atoms with van der Waals surface area (Å²) in [5.41, 5.74) is 0. The van der Waals surface area contributed by atoms with Gasteiger partial charge in [0, 0.05) is 32.6 Å². The number of nitrogens with one attached hydrogen (secondary N) is 3. The highest BCUT2D eigenvalue weighted by Crippen LogP contribution is 1.98. The summed E-state index contributed by atoms with van der Waals surface area (Å²) < 4.78 is 5.15. The Bertz CT molecular complexity index is 545. The maximum atomic E-state index is 12.0. The molecule has 1 heterocycles.